The van der Waals surface area contributed by atoms with Gasteiger partial charge in [0, 0.05) is 17.4 Å². The van der Waals surface area contributed by atoms with Crippen molar-refractivity contribution in [2.24, 2.45) is 0 Å². The minimum atomic E-state index is 0.307. The van der Waals surface area contributed by atoms with Gasteiger partial charge in [-0.2, -0.15) is 0 Å². The standard InChI is InChI=1S/C12H14N2O2S/c13-12-10(9-4-2-6-17-9)11(14-16-12)8-3-1-5-15-7-8/h2,4,6,8H,1,3,5,7,13H2. The van der Waals surface area contributed by atoms with Crippen molar-refractivity contribution in [2.45, 2.75) is 18.8 Å². The molecule has 5 heteroatoms. The second-order valence-corrected chi connectivity index (χ2v) is 5.15. The Labute approximate surface area is 103 Å². The molecule has 3 heterocycles. The summed E-state index contributed by atoms with van der Waals surface area (Å²) >= 11 is 1.65. The van der Waals surface area contributed by atoms with Crippen molar-refractivity contribution in [3.63, 3.8) is 0 Å². The maximum Gasteiger partial charge on any atom is 0.231 e. The van der Waals surface area contributed by atoms with Gasteiger partial charge in [0.05, 0.1) is 17.9 Å². The summed E-state index contributed by atoms with van der Waals surface area (Å²) in [7, 11) is 0. The van der Waals surface area contributed by atoms with E-state index in [1.165, 1.54) is 0 Å². The molecule has 2 aromatic heterocycles. The molecule has 0 bridgehead atoms. The van der Waals surface area contributed by atoms with Crippen LogP contribution >= 0.6 is 11.3 Å². The minimum Gasteiger partial charge on any atom is -0.381 e. The third kappa shape index (κ3) is 1.96. The molecule has 0 aromatic carbocycles. The molecule has 90 valence electrons. The van der Waals surface area contributed by atoms with Gasteiger partial charge in [-0.25, -0.2) is 0 Å². The normalized spacial score (nSPS) is 20.6. The highest BCUT2D eigenvalue weighted by Gasteiger charge is 2.26. The number of nitrogens with two attached hydrogens (primary N) is 1. The van der Waals surface area contributed by atoms with Crippen LogP contribution in [0.2, 0.25) is 0 Å². The quantitative estimate of drug-likeness (QED) is 0.890. The van der Waals surface area contributed by atoms with Gasteiger partial charge in [0.15, 0.2) is 0 Å². The lowest BCUT2D eigenvalue weighted by molar-refractivity contribution is 0.0785. The third-order valence-corrected chi connectivity index (χ3v) is 3.95. The second-order valence-electron chi connectivity index (χ2n) is 4.20. The first-order chi connectivity index (χ1) is 8.36. The van der Waals surface area contributed by atoms with Gasteiger partial charge in [-0.15, -0.1) is 11.3 Å². The topological polar surface area (TPSA) is 61.3 Å². The van der Waals surface area contributed by atoms with Crippen molar-refractivity contribution in [3.8, 4) is 10.4 Å². The van der Waals surface area contributed by atoms with Crippen molar-refractivity contribution in [1.29, 1.82) is 0 Å². The lowest BCUT2D eigenvalue weighted by Crippen LogP contribution is -2.16. The van der Waals surface area contributed by atoms with E-state index in [4.69, 9.17) is 15.0 Å². The van der Waals surface area contributed by atoms with Crippen molar-refractivity contribution >= 4 is 17.2 Å². The number of anilines is 1. The summed E-state index contributed by atoms with van der Waals surface area (Å²) < 4.78 is 10.7. The molecule has 3 rings (SSSR count). The van der Waals surface area contributed by atoms with Gasteiger partial charge in [-0.05, 0) is 24.3 Å². The second kappa shape index (κ2) is 4.50. The van der Waals surface area contributed by atoms with Crippen molar-refractivity contribution < 1.29 is 9.26 Å². The lowest BCUT2D eigenvalue weighted by atomic mass is 9.95. The number of hydrogen-bond donors (Lipinski definition) is 1. The van der Waals surface area contributed by atoms with E-state index in [-0.39, 0.29) is 0 Å². The summed E-state index contributed by atoms with van der Waals surface area (Å²) in [5.74, 6) is 0.718. The minimum absolute atomic E-state index is 0.307. The molecule has 1 unspecified atom stereocenters. The molecule has 2 N–H and O–H groups in total. The van der Waals surface area contributed by atoms with Crippen molar-refractivity contribution in [2.75, 3.05) is 18.9 Å². The van der Waals surface area contributed by atoms with Crippen LogP contribution in [0.4, 0.5) is 5.88 Å². The first-order valence-corrected chi connectivity index (χ1v) is 6.61. The predicted octanol–water partition coefficient (Wildman–Crippen LogP) is 2.88. The highest BCUT2D eigenvalue weighted by atomic mass is 32.1. The Morgan fingerprint density at radius 3 is 3.12 bits per heavy atom. The van der Waals surface area contributed by atoms with Gasteiger partial charge in [0.25, 0.3) is 0 Å². The van der Waals surface area contributed by atoms with Crippen LogP contribution in [0.15, 0.2) is 22.0 Å². The average molecular weight is 250 g/mol. The lowest BCUT2D eigenvalue weighted by Gasteiger charge is -2.20. The van der Waals surface area contributed by atoms with Crippen LogP contribution < -0.4 is 5.73 Å². The van der Waals surface area contributed by atoms with Gasteiger partial charge < -0.3 is 15.0 Å². The number of rotatable bonds is 2. The van der Waals surface area contributed by atoms with Crippen molar-refractivity contribution in [1.82, 2.24) is 5.16 Å². The summed E-state index contributed by atoms with van der Waals surface area (Å²) in [4.78, 5) is 1.12. The summed E-state index contributed by atoms with van der Waals surface area (Å²) in [6.45, 7) is 1.56. The Morgan fingerprint density at radius 1 is 1.47 bits per heavy atom. The Kier molecular flexibility index (Phi) is 2.86. The van der Waals surface area contributed by atoms with Gasteiger partial charge in [0.2, 0.25) is 5.88 Å². The summed E-state index contributed by atoms with van der Waals surface area (Å²) in [5.41, 5.74) is 7.78. The van der Waals surface area contributed by atoms with E-state index in [1.54, 1.807) is 11.3 Å². The third-order valence-electron chi connectivity index (χ3n) is 3.06. The highest BCUT2D eigenvalue weighted by Crippen LogP contribution is 2.38. The van der Waals surface area contributed by atoms with E-state index in [1.807, 2.05) is 17.5 Å². The number of ether oxygens (including phenoxy) is 1. The molecular weight excluding hydrogens is 236 g/mol. The smallest absolute Gasteiger partial charge is 0.231 e. The monoisotopic (exact) mass is 250 g/mol. The number of aromatic nitrogens is 1. The van der Waals surface area contributed by atoms with Gasteiger partial charge in [-0.3, -0.25) is 0 Å². The molecule has 17 heavy (non-hydrogen) atoms. The molecule has 2 aromatic rings. The summed E-state index contributed by atoms with van der Waals surface area (Å²) in [6, 6.07) is 4.05. The van der Waals surface area contributed by atoms with Crippen LogP contribution in [0.5, 0.6) is 0 Å². The van der Waals surface area contributed by atoms with E-state index < -0.39 is 0 Å². The van der Waals surface area contributed by atoms with Crippen LogP contribution in [0, 0.1) is 0 Å². The number of thiophene rings is 1. The maximum atomic E-state index is 5.88. The van der Waals surface area contributed by atoms with Crippen LogP contribution in [-0.2, 0) is 4.74 Å². The zero-order valence-electron chi connectivity index (χ0n) is 9.39. The maximum absolute atomic E-state index is 5.88. The molecule has 0 saturated carbocycles. The first kappa shape index (κ1) is 10.8. The Bertz CT molecular complexity index is 487. The van der Waals surface area contributed by atoms with Gasteiger partial charge in [0.1, 0.15) is 0 Å². The molecule has 0 amide bonds. The zero-order chi connectivity index (χ0) is 11.7. The molecule has 4 nitrogen and oxygen atoms in total. The molecule has 0 spiro atoms. The van der Waals surface area contributed by atoms with Gasteiger partial charge in [-0.1, -0.05) is 11.2 Å². The fourth-order valence-electron chi connectivity index (χ4n) is 2.22. The highest BCUT2D eigenvalue weighted by molar-refractivity contribution is 7.13. The van der Waals surface area contributed by atoms with Crippen LogP contribution in [0.25, 0.3) is 10.4 Å². The summed E-state index contributed by atoms with van der Waals surface area (Å²) in [6.07, 6.45) is 2.16. The van der Waals surface area contributed by atoms with E-state index in [0.717, 1.165) is 35.6 Å². The molecule has 1 aliphatic rings. The predicted molar refractivity (Wildman–Crippen MR) is 67.0 cm³/mol. The van der Waals surface area contributed by atoms with E-state index >= 15 is 0 Å². The average Bonchev–Trinajstić information content (AvgIpc) is 2.99. The molecule has 1 saturated heterocycles. The van der Waals surface area contributed by atoms with Crippen molar-refractivity contribution in [3.05, 3.63) is 23.2 Å². The molecular formula is C12H14N2O2S. The SMILES string of the molecule is Nc1onc(C2CCCOC2)c1-c1cccs1. The molecule has 1 atom stereocenters. The van der Waals surface area contributed by atoms with Gasteiger partial charge >= 0.3 is 0 Å². The van der Waals surface area contributed by atoms with Crippen LogP contribution in [0.3, 0.4) is 0 Å². The molecule has 1 fully saturated rings. The van der Waals surface area contributed by atoms with E-state index in [9.17, 15) is 0 Å². The van der Waals surface area contributed by atoms with Crippen LogP contribution in [0.1, 0.15) is 24.5 Å². The molecule has 1 aliphatic heterocycles. The first-order valence-electron chi connectivity index (χ1n) is 5.73. The number of hydrogen-bond acceptors (Lipinski definition) is 5. The Morgan fingerprint density at radius 2 is 2.41 bits per heavy atom. The van der Waals surface area contributed by atoms with E-state index in [0.29, 0.717) is 18.4 Å². The number of nitrogens with zero attached hydrogens (tertiary/aromatic N) is 1. The fraction of sp³-hybridized carbons (Fsp3) is 0.417. The Balaban J connectivity index is 1.99. The molecule has 0 aliphatic carbocycles. The zero-order valence-corrected chi connectivity index (χ0v) is 10.2. The Hall–Kier alpha value is -1.33. The van der Waals surface area contributed by atoms with E-state index in [2.05, 4.69) is 5.16 Å². The number of nitrogen functional groups attached to an aromatic ring is 1. The largest absolute Gasteiger partial charge is 0.381 e. The van der Waals surface area contributed by atoms with Crippen LogP contribution in [-0.4, -0.2) is 18.4 Å². The summed E-state index contributed by atoms with van der Waals surface area (Å²) in [5, 5.41) is 6.15. The molecule has 0 radical (unpaired) electrons. The fourth-order valence-corrected chi connectivity index (χ4v) is 3.00.